The van der Waals surface area contributed by atoms with Crippen LogP contribution in [0.2, 0.25) is 0 Å². The predicted octanol–water partition coefficient (Wildman–Crippen LogP) is 2.98. The zero-order chi connectivity index (χ0) is 16.3. The van der Waals surface area contributed by atoms with Gasteiger partial charge in [0.1, 0.15) is 0 Å². The molecule has 0 spiro atoms. The lowest BCUT2D eigenvalue weighted by atomic mass is 9.90. The van der Waals surface area contributed by atoms with Crippen LogP contribution in [0.4, 0.5) is 0 Å². The number of aliphatic carboxylic acids is 1. The van der Waals surface area contributed by atoms with Crippen LogP contribution in [0.15, 0.2) is 29.2 Å². The van der Waals surface area contributed by atoms with E-state index in [2.05, 4.69) is 0 Å². The maximum atomic E-state index is 12.3. The van der Waals surface area contributed by atoms with E-state index in [0.717, 1.165) is 5.56 Å². The third-order valence-corrected chi connectivity index (χ3v) is 4.67. The van der Waals surface area contributed by atoms with Gasteiger partial charge in [-0.15, -0.1) is 0 Å². The van der Waals surface area contributed by atoms with E-state index < -0.39 is 21.7 Å². The van der Waals surface area contributed by atoms with Crippen LogP contribution in [0.5, 0.6) is 0 Å². The van der Waals surface area contributed by atoms with Crippen LogP contribution < -0.4 is 0 Å². The summed E-state index contributed by atoms with van der Waals surface area (Å²) < 4.78 is 29.8. The fraction of sp³-hybridized carbons (Fsp3) is 0.533. The highest BCUT2D eigenvalue weighted by Crippen LogP contribution is 2.30. The summed E-state index contributed by atoms with van der Waals surface area (Å²) in [6, 6.07) is 6.13. The molecule has 6 heteroatoms. The van der Waals surface area contributed by atoms with Crippen LogP contribution in [-0.4, -0.2) is 25.1 Å². The molecule has 0 fully saturated rings. The number of carboxylic acids is 1. The molecule has 0 radical (unpaired) electrons. The number of carboxylic acid groups (broad SMARTS) is 1. The molecule has 0 unspecified atom stereocenters. The predicted molar refractivity (Wildman–Crippen MR) is 79.6 cm³/mol. The zero-order valence-electron chi connectivity index (χ0n) is 12.8. The Kier molecular flexibility index (Phi) is 5.53. The van der Waals surface area contributed by atoms with Crippen molar-refractivity contribution >= 4 is 16.1 Å². The van der Waals surface area contributed by atoms with Crippen molar-refractivity contribution in [3.8, 4) is 0 Å². The molecule has 5 nitrogen and oxygen atoms in total. The third kappa shape index (κ3) is 4.28. The first-order valence-electron chi connectivity index (χ1n) is 6.88. The van der Waals surface area contributed by atoms with Crippen molar-refractivity contribution in [1.82, 2.24) is 0 Å². The van der Waals surface area contributed by atoms with E-state index in [9.17, 15) is 18.3 Å². The summed E-state index contributed by atoms with van der Waals surface area (Å²) in [5, 5.41) is 9.44. The van der Waals surface area contributed by atoms with Crippen LogP contribution in [0.25, 0.3) is 0 Å². The first kappa shape index (κ1) is 17.7. The van der Waals surface area contributed by atoms with Gasteiger partial charge in [-0.1, -0.05) is 38.5 Å². The Bertz CT molecular complexity index is 589. The topological polar surface area (TPSA) is 80.7 Å². The van der Waals surface area contributed by atoms with Gasteiger partial charge in [-0.05, 0) is 37.8 Å². The molecule has 0 heterocycles. The maximum absolute atomic E-state index is 12.3. The molecule has 0 bridgehead atoms. The van der Waals surface area contributed by atoms with Crippen LogP contribution >= 0.6 is 0 Å². The maximum Gasteiger partial charge on any atom is 0.337 e. The molecule has 1 rings (SSSR count). The summed E-state index contributed by atoms with van der Waals surface area (Å²) in [4.78, 5) is 11.5. The third-order valence-electron chi connectivity index (χ3n) is 3.28. The van der Waals surface area contributed by atoms with E-state index in [0.29, 0.717) is 0 Å². The van der Waals surface area contributed by atoms with Gasteiger partial charge in [0.2, 0.25) is 0 Å². The van der Waals surface area contributed by atoms with Gasteiger partial charge < -0.3 is 5.11 Å². The summed E-state index contributed by atoms with van der Waals surface area (Å²) in [6.07, 6.45) is 0.204. The Labute approximate surface area is 126 Å². The van der Waals surface area contributed by atoms with E-state index in [1.807, 2.05) is 20.8 Å². The first-order valence-corrected chi connectivity index (χ1v) is 8.29. The van der Waals surface area contributed by atoms with Crippen molar-refractivity contribution in [2.45, 2.75) is 51.0 Å². The van der Waals surface area contributed by atoms with E-state index in [1.54, 1.807) is 19.1 Å². The summed E-state index contributed by atoms with van der Waals surface area (Å²) in [5.74, 6) is -1.26. The summed E-state index contributed by atoms with van der Waals surface area (Å²) >= 11 is 0. The highest BCUT2D eigenvalue weighted by atomic mass is 32.2. The number of hydrogen-bond acceptors (Lipinski definition) is 4. The van der Waals surface area contributed by atoms with Gasteiger partial charge >= 0.3 is 5.97 Å². The monoisotopic (exact) mass is 314 g/mol. The molecule has 1 atom stereocenters. The number of aryl methyl sites for hydroxylation is 1. The highest BCUT2D eigenvalue weighted by molar-refractivity contribution is 7.86. The molecule has 0 saturated carbocycles. The number of benzene rings is 1. The Balaban J connectivity index is 3.18. The largest absolute Gasteiger partial charge is 0.479 e. The van der Waals surface area contributed by atoms with Crippen LogP contribution in [0.1, 0.15) is 39.2 Å². The summed E-state index contributed by atoms with van der Waals surface area (Å²) in [6.45, 7) is 7.11. The van der Waals surface area contributed by atoms with Gasteiger partial charge in [0, 0.05) is 0 Å². The van der Waals surface area contributed by atoms with Crippen molar-refractivity contribution < 1.29 is 22.5 Å². The fourth-order valence-corrected chi connectivity index (χ4v) is 3.38. The molecule has 118 valence electrons. The number of carbonyl (C=O) groups is 1. The molecule has 21 heavy (non-hydrogen) atoms. The second kappa shape index (κ2) is 6.58. The van der Waals surface area contributed by atoms with Gasteiger partial charge in [0.15, 0.2) is 5.60 Å². The lowest BCUT2D eigenvalue weighted by molar-refractivity contribution is -0.156. The molecule has 1 aromatic carbocycles. The lowest BCUT2D eigenvalue weighted by Gasteiger charge is -2.29. The van der Waals surface area contributed by atoms with Gasteiger partial charge in [0.05, 0.1) is 4.90 Å². The van der Waals surface area contributed by atoms with Crippen molar-refractivity contribution in [3.63, 3.8) is 0 Å². The molecule has 0 aliphatic rings. The van der Waals surface area contributed by atoms with Crippen LogP contribution in [0.3, 0.4) is 0 Å². The summed E-state index contributed by atoms with van der Waals surface area (Å²) in [7, 11) is -4.12. The fourth-order valence-electron chi connectivity index (χ4n) is 2.13. The Hall–Kier alpha value is -1.40. The van der Waals surface area contributed by atoms with Crippen LogP contribution in [0, 0.1) is 12.8 Å². The minimum Gasteiger partial charge on any atom is -0.479 e. The lowest BCUT2D eigenvalue weighted by Crippen LogP contribution is -2.44. The SMILES string of the molecule is CC[C@@](CC(C)C)(OS(=O)(=O)c1ccc(C)cc1)C(=O)O. The molecular weight excluding hydrogens is 292 g/mol. The zero-order valence-corrected chi connectivity index (χ0v) is 13.6. The van der Waals surface area contributed by atoms with E-state index in [-0.39, 0.29) is 23.7 Å². The Morgan fingerprint density at radius 1 is 1.29 bits per heavy atom. The van der Waals surface area contributed by atoms with E-state index in [4.69, 9.17) is 4.18 Å². The van der Waals surface area contributed by atoms with Crippen molar-refractivity contribution in [2.75, 3.05) is 0 Å². The minimum absolute atomic E-state index is 0.00531. The molecule has 1 N–H and O–H groups in total. The van der Waals surface area contributed by atoms with Crippen molar-refractivity contribution in [2.24, 2.45) is 5.92 Å². The molecular formula is C15H22O5S. The van der Waals surface area contributed by atoms with Gasteiger partial charge in [-0.3, -0.25) is 0 Å². The molecule has 0 aromatic heterocycles. The average Bonchev–Trinajstić information content (AvgIpc) is 2.37. The average molecular weight is 314 g/mol. The van der Waals surface area contributed by atoms with E-state index >= 15 is 0 Å². The Morgan fingerprint density at radius 3 is 2.19 bits per heavy atom. The smallest absolute Gasteiger partial charge is 0.337 e. The highest BCUT2D eigenvalue weighted by Gasteiger charge is 2.43. The Morgan fingerprint density at radius 2 is 1.81 bits per heavy atom. The summed E-state index contributed by atoms with van der Waals surface area (Å²) in [5.41, 5.74) is -0.811. The van der Waals surface area contributed by atoms with Crippen LogP contribution in [-0.2, 0) is 19.1 Å². The molecule has 0 amide bonds. The second-order valence-electron chi connectivity index (χ2n) is 5.60. The molecule has 0 aliphatic carbocycles. The standard InChI is InChI=1S/C15H22O5S/c1-5-15(14(16)17,10-11(2)3)20-21(18,19)13-8-6-12(4)7-9-13/h6-9,11H,5,10H2,1-4H3,(H,16,17)/t15-/m0/s1. The number of rotatable bonds is 7. The molecule has 0 saturated heterocycles. The van der Waals surface area contributed by atoms with Gasteiger partial charge in [0.25, 0.3) is 10.1 Å². The molecule has 0 aliphatic heterocycles. The number of hydrogen-bond donors (Lipinski definition) is 1. The van der Waals surface area contributed by atoms with Gasteiger partial charge in [-0.25, -0.2) is 8.98 Å². The van der Waals surface area contributed by atoms with Crippen molar-refractivity contribution in [3.05, 3.63) is 29.8 Å². The molecule has 1 aromatic rings. The van der Waals surface area contributed by atoms with E-state index in [1.165, 1.54) is 12.1 Å². The minimum atomic E-state index is -4.12. The normalized spacial score (nSPS) is 14.9. The quantitative estimate of drug-likeness (QED) is 0.783. The second-order valence-corrected chi connectivity index (χ2v) is 7.15. The first-order chi connectivity index (χ1) is 9.63. The van der Waals surface area contributed by atoms with Gasteiger partial charge in [-0.2, -0.15) is 8.42 Å². The van der Waals surface area contributed by atoms with Crippen molar-refractivity contribution in [1.29, 1.82) is 0 Å².